The van der Waals surface area contributed by atoms with Gasteiger partial charge in [0.25, 0.3) is 5.91 Å². The summed E-state index contributed by atoms with van der Waals surface area (Å²) in [5.41, 5.74) is 1.07. The molecule has 26 heavy (non-hydrogen) atoms. The quantitative estimate of drug-likeness (QED) is 0.886. The lowest BCUT2D eigenvalue weighted by Gasteiger charge is -2.20. The number of anilines is 2. The van der Waals surface area contributed by atoms with Gasteiger partial charge in [-0.3, -0.25) is 4.79 Å². The number of nitrogens with one attached hydrogen (secondary N) is 1. The van der Waals surface area contributed by atoms with E-state index in [1.165, 1.54) is 12.8 Å². The van der Waals surface area contributed by atoms with Crippen LogP contribution in [0.4, 0.5) is 11.6 Å². The third-order valence-corrected chi connectivity index (χ3v) is 4.42. The summed E-state index contributed by atoms with van der Waals surface area (Å²) >= 11 is 0. The van der Waals surface area contributed by atoms with Crippen LogP contribution in [0.25, 0.3) is 0 Å². The first kappa shape index (κ1) is 18.0. The molecule has 1 fully saturated rings. The Hall–Kier alpha value is -2.83. The maximum atomic E-state index is 12.7. The Labute approximate surface area is 153 Å². The van der Waals surface area contributed by atoms with Gasteiger partial charge < -0.3 is 19.7 Å². The molecule has 1 aromatic heterocycles. The third kappa shape index (κ3) is 4.22. The molecule has 0 unspecified atom stereocenters. The van der Waals surface area contributed by atoms with Crippen LogP contribution in [-0.2, 0) is 0 Å². The van der Waals surface area contributed by atoms with E-state index in [1.54, 1.807) is 38.6 Å². The number of aromatic nitrogens is 2. The van der Waals surface area contributed by atoms with E-state index in [1.807, 2.05) is 11.0 Å². The molecule has 0 spiro atoms. The van der Waals surface area contributed by atoms with E-state index in [4.69, 9.17) is 9.47 Å². The standard InChI is InChI=1S/C19H24N4O3/c1-25-14-7-8-17(26-2)16(13-14)22-19-20-10-9-15(21-19)18(24)23-11-5-3-4-6-12-23/h7-10,13H,3-6,11-12H2,1-2H3,(H,20,21,22). The van der Waals surface area contributed by atoms with Crippen LogP contribution in [0.1, 0.15) is 36.2 Å². The van der Waals surface area contributed by atoms with Crippen molar-refractivity contribution in [1.29, 1.82) is 0 Å². The predicted molar refractivity (Wildman–Crippen MR) is 99.2 cm³/mol. The highest BCUT2D eigenvalue weighted by Gasteiger charge is 2.19. The highest BCUT2D eigenvalue weighted by atomic mass is 16.5. The molecule has 2 aromatic rings. The molecular weight excluding hydrogens is 332 g/mol. The Morgan fingerprint density at radius 2 is 1.85 bits per heavy atom. The molecule has 1 aliphatic heterocycles. The first-order valence-electron chi connectivity index (χ1n) is 8.82. The summed E-state index contributed by atoms with van der Waals surface area (Å²) in [6.07, 6.45) is 6.03. The van der Waals surface area contributed by atoms with Crippen LogP contribution in [0, 0.1) is 0 Å². The molecule has 0 aliphatic carbocycles. The van der Waals surface area contributed by atoms with E-state index in [9.17, 15) is 4.79 Å². The maximum absolute atomic E-state index is 12.7. The average molecular weight is 356 g/mol. The summed E-state index contributed by atoms with van der Waals surface area (Å²) in [6.45, 7) is 1.57. The molecule has 7 heteroatoms. The molecule has 1 amide bonds. The smallest absolute Gasteiger partial charge is 0.272 e. The lowest BCUT2D eigenvalue weighted by atomic mass is 10.2. The lowest BCUT2D eigenvalue weighted by Crippen LogP contribution is -2.32. The van der Waals surface area contributed by atoms with Gasteiger partial charge in [0.2, 0.25) is 5.95 Å². The molecular formula is C19H24N4O3. The number of amides is 1. The van der Waals surface area contributed by atoms with Crippen molar-refractivity contribution in [2.75, 3.05) is 32.6 Å². The number of carbonyl (C=O) groups is 1. The molecule has 7 nitrogen and oxygen atoms in total. The van der Waals surface area contributed by atoms with Crippen LogP contribution >= 0.6 is 0 Å². The van der Waals surface area contributed by atoms with Gasteiger partial charge in [-0.25, -0.2) is 9.97 Å². The fourth-order valence-corrected chi connectivity index (χ4v) is 3.01. The molecule has 0 bridgehead atoms. The Kier molecular flexibility index (Phi) is 5.88. The van der Waals surface area contributed by atoms with Crippen molar-refractivity contribution in [2.45, 2.75) is 25.7 Å². The van der Waals surface area contributed by atoms with Gasteiger partial charge in [0.05, 0.1) is 19.9 Å². The van der Waals surface area contributed by atoms with E-state index in [-0.39, 0.29) is 5.91 Å². The number of hydrogen-bond donors (Lipinski definition) is 1. The minimum atomic E-state index is -0.0463. The van der Waals surface area contributed by atoms with Crippen LogP contribution in [0.2, 0.25) is 0 Å². The number of hydrogen-bond acceptors (Lipinski definition) is 6. The number of carbonyl (C=O) groups excluding carboxylic acids is 1. The minimum absolute atomic E-state index is 0.0463. The number of likely N-dealkylation sites (tertiary alicyclic amines) is 1. The SMILES string of the molecule is COc1ccc(OC)c(Nc2nccc(C(=O)N3CCCCCC3)n2)c1. The second-order valence-electron chi connectivity index (χ2n) is 6.16. The number of methoxy groups -OCH3 is 2. The number of nitrogens with zero attached hydrogens (tertiary/aromatic N) is 3. The normalized spacial score (nSPS) is 14.5. The molecule has 1 saturated heterocycles. The van der Waals surface area contributed by atoms with Crippen molar-refractivity contribution in [3.8, 4) is 11.5 Å². The van der Waals surface area contributed by atoms with Gasteiger partial charge in [-0.2, -0.15) is 0 Å². The van der Waals surface area contributed by atoms with Gasteiger partial charge >= 0.3 is 0 Å². The van der Waals surface area contributed by atoms with Crippen molar-refractivity contribution in [1.82, 2.24) is 14.9 Å². The van der Waals surface area contributed by atoms with Crippen LogP contribution in [0.3, 0.4) is 0 Å². The Morgan fingerprint density at radius 3 is 2.54 bits per heavy atom. The molecule has 138 valence electrons. The topological polar surface area (TPSA) is 76.6 Å². The number of ether oxygens (including phenoxy) is 2. The summed E-state index contributed by atoms with van der Waals surface area (Å²) in [4.78, 5) is 23.2. The van der Waals surface area contributed by atoms with Gasteiger partial charge in [0.1, 0.15) is 17.2 Å². The van der Waals surface area contributed by atoms with E-state index in [2.05, 4.69) is 15.3 Å². The summed E-state index contributed by atoms with van der Waals surface area (Å²) in [7, 11) is 3.19. The number of rotatable bonds is 5. The van der Waals surface area contributed by atoms with Crippen molar-refractivity contribution < 1.29 is 14.3 Å². The molecule has 1 aliphatic rings. The van der Waals surface area contributed by atoms with Crippen molar-refractivity contribution in [2.24, 2.45) is 0 Å². The van der Waals surface area contributed by atoms with E-state index in [0.29, 0.717) is 28.8 Å². The number of benzene rings is 1. The Morgan fingerprint density at radius 1 is 1.08 bits per heavy atom. The van der Waals surface area contributed by atoms with Crippen molar-refractivity contribution in [3.05, 3.63) is 36.2 Å². The van der Waals surface area contributed by atoms with E-state index < -0.39 is 0 Å². The van der Waals surface area contributed by atoms with Gasteiger partial charge in [0, 0.05) is 25.4 Å². The van der Waals surface area contributed by atoms with Gasteiger partial charge in [0.15, 0.2) is 0 Å². The second-order valence-corrected chi connectivity index (χ2v) is 6.16. The minimum Gasteiger partial charge on any atom is -0.497 e. The third-order valence-electron chi connectivity index (χ3n) is 4.42. The predicted octanol–water partition coefficient (Wildman–Crippen LogP) is 3.25. The van der Waals surface area contributed by atoms with Crippen LogP contribution in [-0.4, -0.2) is 48.1 Å². The zero-order valence-electron chi connectivity index (χ0n) is 15.2. The molecule has 2 heterocycles. The molecule has 1 N–H and O–H groups in total. The monoisotopic (exact) mass is 356 g/mol. The van der Waals surface area contributed by atoms with E-state index in [0.717, 1.165) is 25.9 Å². The second kappa shape index (κ2) is 8.51. The average Bonchev–Trinajstić information content (AvgIpc) is 2.97. The Bertz CT molecular complexity index is 758. The molecule has 3 rings (SSSR count). The molecule has 0 atom stereocenters. The van der Waals surface area contributed by atoms with Gasteiger partial charge in [-0.05, 0) is 31.0 Å². The summed E-state index contributed by atoms with van der Waals surface area (Å²) < 4.78 is 10.6. The zero-order valence-corrected chi connectivity index (χ0v) is 15.2. The highest BCUT2D eigenvalue weighted by molar-refractivity contribution is 5.92. The Balaban J connectivity index is 1.80. The highest BCUT2D eigenvalue weighted by Crippen LogP contribution is 2.30. The van der Waals surface area contributed by atoms with E-state index >= 15 is 0 Å². The maximum Gasteiger partial charge on any atom is 0.272 e. The largest absolute Gasteiger partial charge is 0.497 e. The zero-order chi connectivity index (χ0) is 18.4. The summed E-state index contributed by atoms with van der Waals surface area (Å²) in [5.74, 6) is 1.62. The van der Waals surface area contributed by atoms with Crippen LogP contribution in [0.15, 0.2) is 30.5 Å². The van der Waals surface area contributed by atoms with Crippen molar-refractivity contribution >= 4 is 17.5 Å². The lowest BCUT2D eigenvalue weighted by molar-refractivity contribution is 0.0755. The summed E-state index contributed by atoms with van der Waals surface area (Å²) in [5, 5.41) is 3.11. The molecule has 0 radical (unpaired) electrons. The molecule has 1 aromatic carbocycles. The van der Waals surface area contributed by atoms with Gasteiger partial charge in [-0.15, -0.1) is 0 Å². The van der Waals surface area contributed by atoms with Crippen LogP contribution < -0.4 is 14.8 Å². The van der Waals surface area contributed by atoms with Crippen LogP contribution in [0.5, 0.6) is 11.5 Å². The fourth-order valence-electron chi connectivity index (χ4n) is 3.01. The summed E-state index contributed by atoms with van der Waals surface area (Å²) in [6, 6.07) is 7.06. The first-order chi connectivity index (χ1) is 12.7. The first-order valence-corrected chi connectivity index (χ1v) is 8.82. The van der Waals surface area contributed by atoms with Gasteiger partial charge in [-0.1, -0.05) is 12.8 Å². The fraction of sp³-hybridized carbons (Fsp3) is 0.421. The molecule has 0 saturated carbocycles. The van der Waals surface area contributed by atoms with Crippen molar-refractivity contribution in [3.63, 3.8) is 0 Å².